The van der Waals surface area contributed by atoms with Crippen molar-refractivity contribution in [2.75, 3.05) is 0 Å². The molecule has 3 heteroatoms. The molecule has 0 radical (unpaired) electrons. The first kappa shape index (κ1) is 10.7. The smallest absolute Gasteiger partial charge is 0.123 e. The van der Waals surface area contributed by atoms with E-state index in [2.05, 4.69) is 22.6 Å². The van der Waals surface area contributed by atoms with E-state index in [1.165, 1.54) is 0 Å². The van der Waals surface area contributed by atoms with Crippen LogP contribution in [0.2, 0.25) is 0 Å². The first-order valence-electron chi connectivity index (χ1n) is 3.98. The van der Waals surface area contributed by atoms with Crippen LogP contribution in [0, 0.1) is 3.57 Å². The van der Waals surface area contributed by atoms with Gasteiger partial charge in [-0.2, -0.15) is 0 Å². The lowest BCUT2D eigenvalue weighted by Gasteiger charge is -2.20. The van der Waals surface area contributed by atoms with Crippen LogP contribution in [0.1, 0.15) is 18.9 Å². The Balaban J connectivity index is 2.93. The van der Waals surface area contributed by atoms with E-state index in [9.17, 15) is 9.90 Å². The standard InChI is InChI=1S/C10H11IO2/c1-10(13,6-7-12)8-2-4-9(11)5-3-8/h2-5,7,13H,6H2,1H3. The summed E-state index contributed by atoms with van der Waals surface area (Å²) in [6.45, 7) is 1.64. The molecule has 2 nitrogen and oxygen atoms in total. The van der Waals surface area contributed by atoms with Crippen LogP contribution in [0.3, 0.4) is 0 Å². The van der Waals surface area contributed by atoms with Gasteiger partial charge in [0.1, 0.15) is 6.29 Å². The number of carbonyl (C=O) groups excluding carboxylic acids is 1. The van der Waals surface area contributed by atoms with Crippen LogP contribution in [0.15, 0.2) is 24.3 Å². The quantitative estimate of drug-likeness (QED) is 0.683. The SMILES string of the molecule is CC(O)(CC=O)c1ccc(I)cc1. The van der Waals surface area contributed by atoms with E-state index in [1.807, 2.05) is 24.3 Å². The van der Waals surface area contributed by atoms with Crippen LogP contribution >= 0.6 is 22.6 Å². The third-order valence-corrected chi connectivity index (χ3v) is 2.67. The van der Waals surface area contributed by atoms with Crippen molar-refractivity contribution in [3.63, 3.8) is 0 Å². The lowest BCUT2D eigenvalue weighted by molar-refractivity contribution is -0.112. The minimum atomic E-state index is -1.04. The highest BCUT2D eigenvalue weighted by Crippen LogP contribution is 2.23. The second kappa shape index (κ2) is 4.19. The number of benzene rings is 1. The van der Waals surface area contributed by atoms with Crippen molar-refractivity contribution >= 4 is 28.9 Å². The Labute approximate surface area is 91.1 Å². The number of hydrogen-bond donors (Lipinski definition) is 1. The maximum absolute atomic E-state index is 10.3. The van der Waals surface area contributed by atoms with Crippen LogP contribution in [-0.2, 0) is 10.4 Å². The number of aldehydes is 1. The summed E-state index contributed by atoms with van der Waals surface area (Å²) in [5, 5.41) is 9.84. The molecule has 70 valence electrons. The third-order valence-electron chi connectivity index (χ3n) is 1.95. The molecule has 1 aromatic carbocycles. The molecule has 0 aliphatic rings. The molecule has 1 unspecified atom stereocenters. The Bertz CT molecular complexity index is 290. The molecule has 0 aliphatic carbocycles. The van der Waals surface area contributed by atoms with E-state index in [1.54, 1.807) is 6.92 Å². The van der Waals surface area contributed by atoms with E-state index < -0.39 is 5.60 Å². The van der Waals surface area contributed by atoms with Crippen molar-refractivity contribution < 1.29 is 9.90 Å². The number of aliphatic hydroxyl groups is 1. The zero-order chi connectivity index (χ0) is 9.90. The summed E-state index contributed by atoms with van der Waals surface area (Å²) in [5.41, 5.74) is -0.258. The molecule has 1 aromatic rings. The normalized spacial score (nSPS) is 15.0. The zero-order valence-corrected chi connectivity index (χ0v) is 9.48. The maximum Gasteiger partial charge on any atom is 0.123 e. The summed E-state index contributed by atoms with van der Waals surface area (Å²) in [5.74, 6) is 0. The number of hydrogen-bond acceptors (Lipinski definition) is 2. The van der Waals surface area contributed by atoms with Crippen LogP contribution in [0.5, 0.6) is 0 Å². The van der Waals surface area contributed by atoms with Crippen molar-refractivity contribution in [1.82, 2.24) is 0 Å². The molecule has 0 aromatic heterocycles. The van der Waals surface area contributed by atoms with Gasteiger partial charge in [-0.1, -0.05) is 12.1 Å². The molecule has 0 saturated heterocycles. The fraction of sp³-hybridized carbons (Fsp3) is 0.300. The third kappa shape index (κ3) is 2.77. The molecule has 1 rings (SSSR count). The molecule has 0 saturated carbocycles. The van der Waals surface area contributed by atoms with Crippen molar-refractivity contribution in [2.45, 2.75) is 18.9 Å². The molecular weight excluding hydrogens is 279 g/mol. The lowest BCUT2D eigenvalue weighted by atomic mass is 9.93. The summed E-state index contributed by atoms with van der Waals surface area (Å²) in [7, 11) is 0. The van der Waals surface area contributed by atoms with Crippen LogP contribution in [0.25, 0.3) is 0 Å². The lowest BCUT2D eigenvalue weighted by Crippen LogP contribution is -2.21. The van der Waals surface area contributed by atoms with E-state index >= 15 is 0 Å². The predicted octanol–water partition coefficient (Wildman–Crippen LogP) is 2.09. The molecule has 0 heterocycles. The molecule has 0 spiro atoms. The summed E-state index contributed by atoms with van der Waals surface area (Å²) < 4.78 is 1.11. The second-order valence-corrected chi connectivity index (χ2v) is 4.40. The zero-order valence-electron chi connectivity index (χ0n) is 7.33. The Morgan fingerprint density at radius 1 is 1.46 bits per heavy atom. The van der Waals surface area contributed by atoms with Gasteiger partial charge in [-0.25, -0.2) is 0 Å². The summed E-state index contributed by atoms with van der Waals surface area (Å²) >= 11 is 2.19. The average molecular weight is 290 g/mol. The first-order chi connectivity index (χ1) is 6.06. The molecule has 0 amide bonds. The molecule has 0 bridgehead atoms. The number of carbonyl (C=O) groups is 1. The van der Waals surface area contributed by atoms with Gasteiger partial charge < -0.3 is 9.90 Å². The van der Waals surface area contributed by atoms with Gasteiger partial charge in [0.2, 0.25) is 0 Å². The predicted molar refractivity (Wildman–Crippen MR) is 59.4 cm³/mol. The van der Waals surface area contributed by atoms with Crippen molar-refractivity contribution in [2.24, 2.45) is 0 Å². The highest BCUT2D eigenvalue weighted by molar-refractivity contribution is 14.1. The average Bonchev–Trinajstić information content (AvgIpc) is 2.05. The van der Waals surface area contributed by atoms with E-state index in [-0.39, 0.29) is 6.42 Å². The monoisotopic (exact) mass is 290 g/mol. The highest BCUT2D eigenvalue weighted by Gasteiger charge is 2.21. The largest absolute Gasteiger partial charge is 0.385 e. The minimum absolute atomic E-state index is 0.133. The Hall–Kier alpha value is -0.420. The van der Waals surface area contributed by atoms with Crippen molar-refractivity contribution in [3.05, 3.63) is 33.4 Å². The molecule has 0 fully saturated rings. The van der Waals surface area contributed by atoms with E-state index in [4.69, 9.17) is 0 Å². The molecule has 1 atom stereocenters. The van der Waals surface area contributed by atoms with Crippen molar-refractivity contribution in [1.29, 1.82) is 0 Å². The molecular formula is C10H11IO2. The van der Waals surface area contributed by atoms with Gasteiger partial charge in [0, 0.05) is 9.99 Å². The Morgan fingerprint density at radius 3 is 2.46 bits per heavy atom. The number of halogens is 1. The van der Waals surface area contributed by atoms with Gasteiger partial charge in [-0.05, 0) is 47.2 Å². The Morgan fingerprint density at radius 2 is 2.00 bits per heavy atom. The summed E-state index contributed by atoms with van der Waals surface area (Å²) in [4.78, 5) is 10.3. The molecule has 13 heavy (non-hydrogen) atoms. The minimum Gasteiger partial charge on any atom is -0.385 e. The number of rotatable bonds is 3. The summed E-state index contributed by atoms with van der Waals surface area (Å²) in [6, 6.07) is 7.50. The van der Waals surface area contributed by atoms with E-state index in [0.29, 0.717) is 0 Å². The van der Waals surface area contributed by atoms with Gasteiger partial charge in [0.15, 0.2) is 0 Å². The Kier molecular flexibility index (Phi) is 3.44. The topological polar surface area (TPSA) is 37.3 Å². The van der Waals surface area contributed by atoms with Gasteiger partial charge in [-0.15, -0.1) is 0 Å². The highest BCUT2D eigenvalue weighted by atomic mass is 127. The van der Waals surface area contributed by atoms with Crippen LogP contribution in [0.4, 0.5) is 0 Å². The van der Waals surface area contributed by atoms with Crippen molar-refractivity contribution in [3.8, 4) is 0 Å². The van der Waals surface area contributed by atoms with Crippen LogP contribution in [-0.4, -0.2) is 11.4 Å². The fourth-order valence-electron chi connectivity index (χ4n) is 1.09. The van der Waals surface area contributed by atoms with Gasteiger partial charge in [0.25, 0.3) is 0 Å². The molecule has 0 aliphatic heterocycles. The summed E-state index contributed by atoms with van der Waals surface area (Å²) in [6.07, 6.45) is 0.867. The maximum atomic E-state index is 10.3. The van der Waals surface area contributed by atoms with E-state index in [0.717, 1.165) is 15.4 Å². The van der Waals surface area contributed by atoms with Gasteiger partial charge in [0.05, 0.1) is 5.60 Å². The second-order valence-electron chi connectivity index (χ2n) is 3.15. The van der Waals surface area contributed by atoms with Gasteiger partial charge in [-0.3, -0.25) is 0 Å². The first-order valence-corrected chi connectivity index (χ1v) is 5.06. The fourth-order valence-corrected chi connectivity index (χ4v) is 1.45. The van der Waals surface area contributed by atoms with Gasteiger partial charge >= 0.3 is 0 Å². The molecule has 1 N–H and O–H groups in total. The van der Waals surface area contributed by atoms with Crippen LogP contribution < -0.4 is 0 Å².